The molecule has 0 aromatic carbocycles. The second-order valence-electron chi connectivity index (χ2n) is 4.00. The molecule has 0 fully saturated rings. The van der Waals surface area contributed by atoms with E-state index < -0.39 is 23.3 Å². The molecule has 2 rings (SSSR count). The third kappa shape index (κ3) is 2.49. The summed E-state index contributed by atoms with van der Waals surface area (Å²) in [7, 11) is 1.58. The minimum Gasteiger partial charge on any atom is -0.305 e. The van der Waals surface area contributed by atoms with Crippen LogP contribution in [0.5, 0.6) is 0 Å². The van der Waals surface area contributed by atoms with E-state index in [4.69, 9.17) is 0 Å². The summed E-state index contributed by atoms with van der Waals surface area (Å²) in [5.41, 5.74) is -1.73. The number of tetrazole rings is 1. The molecule has 9 heteroatoms. The number of hydrogen-bond donors (Lipinski definition) is 0. The molecule has 0 aliphatic carbocycles. The predicted octanol–water partition coefficient (Wildman–Crippen LogP) is 1.000. The zero-order chi connectivity index (χ0) is 14.2. The quantitative estimate of drug-likeness (QED) is 0.818. The number of aromatic nitrogens is 5. The number of aryl methyl sites for hydroxylation is 1. The van der Waals surface area contributed by atoms with Crippen molar-refractivity contribution in [3.05, 3.63) is 40.1 Å². The molecule has 0 saturated heterocycles. The highest BCUT2D eigenvalue weighted by Gasteiger charge is 2.31. The van der Waals surface area contributed by atoms with Gasteiger partial charge < -0.3 is 4.57 Å². The van der Waals surface area contributed by atoms with E-state index in [9.17, 15) is 18.0 Å². The summed E-state index contributed by atoms with van der Waals surface area (Å²) < 4.78 is 39.9. The molecule has 1 atom stereocenters. The Morgan fingerprint density at radius 2 is 2.05 bits per heavy atom. The maximum absolute atomic E-state index is 12.5. The molecular weight excluding hydrogens is 263 g/mol. The van der Waals surface area contributed by atoms with E-state index in [0.717, 1.165) is 16.8 Å². The highest BCUT2D eigenvalue weighted by atomic mass is 19.4. The van der Waals surface area contributed by atoms with Crippen LogP contribution in [-0.4, -0.2) is 24.8 Å². The standard InChI is InChI=1S/C10H10F3N5O/c1-6(9-14-15-16-17(9)2)18-4-3-7(5-8(18)19)10(11,12)13/h3-6H,1-2H3. The van der Waals surface area contributed by atoms with Crippen LogP contribution in [0, 0.1) is 0 Å². The van der Waals surface area contributed by atoms with Crippen LogP contribution in [0.15, 0.2) is 23.1 Å². The van der Waals surface area contributed by atoms with Crippen molar-refractivity contribution in [3.63, 3.8) is 0 Å². The molecule has 102 valence electrons. The van der Waals surface area contributed by atoms with Crippen molar-refractivity contribution in [3.8, 4) is 0 Å². The molecule has 2 aromatic rings. The van der Waals surface area contributed by atoms with E-state index in [1.807, 2.05) is 0 Å². The van der Waals surface area contributed by atoms with Crippen molar-refractivity contribution in [2.24, 2.45) is 7.05 Å². The lowest BCUT2D eigenvalue weighted by Gasteiger charge is -2.14. The molecule has 0 bridgehead atoms. The van der Waals surface area contributed by atoms with E-state index >= 15 is 0 Å². The van der Waals surface area contributed by atoms with Gasteiger partial charge in [0.1, 0.15) is 0 Å². The molecule has 0 aliphatic heterocycles. The van der Waals surface area contributed by atoms with E-state index in [2.05, 4.69) is 15.5 Å². The lowest BCUT2D eigenvalue weighted by Crippen LogP contribution is -2.26. The van der Waals surface area contributed by atoms with Crippen molar-refractivity contribution in [2.45, 2.75) is 19.1 Å². The van der Waals surface area contributed by atoms with Crippen LogP contribution in [0.2, 0.25) is 0 Å². The van der Waals surface area contributed by atoms with Crippen LogP contribution in [0.3, 0.4) is 0 Å². The van der Waals surface area contributed by atoms with E-state index in [1.165, 1.54) is 4.68 Å². The third-order valence-electron chi connectivity index (χ3n) is 2.72. The Bertz CT molecular complexity index is 645. The lowest BCUT2D eigenvalue weighted by atomic mass is 10.2. The molecule has 0 N–H and O–H groups in total. The van der Waals surface area contributed by atoms with Gasteiger partial charge in [-0.3, -0.25) is 4.79 Å². The lowest BCUT2D eigenvalue weighted by molar-refractivity contribution is -0.137. The third-order valence-corrected chi connectivity index (χ3v) is 2.72. The van der Waals surface area contributed by atoms with Crippen LogP contribution in [0.4, 0.5) is 13.2 Å². The van der Waals surface area contributed by atoms with Crippen molar-refractivity contribution in [2.75, 3.05) is 0 Å². The fourth-order valence-electron chi connectivity index (χ4n) is 1.70. The average molecular weight is 273 g/mol. The molecule has 19 heavy (non-hydrogen) atoms. The summed E-state index contributed by atoms with van der Waals surface area (Å²) in [6, 6.07) is 0.844. The smallest absolute Gasteiger partial charge is 0.305 e. The summed E-state index contributed by atoms with van der Waals surface area (Å²) >= 11 is 0. The van der Waals surface area contributed by atoms with Gasteiger partial charge in [-0.05, 0) is 23.4 Å². The topological polar surface area (TPSA) is 65.6 Å². The fourth-order valence-corrected chi connectivity index (χ4v) is 1.70. The van der Waals surface area contributed by atoms with Gasteiger partial charge in [0.15, 0.2) is 5.82 Å². The number of halogens is 3. The predicted molar refractivity (Wildman–Crippen MR) is 58.3 cm³/mol. The minimum atomic E-state index is -4.53. The summed E-state index contributed by atoms with van der Waals surface area (Å²) in [4.78, 5) is 11.7. The number of pyridine rings is 1. The Balaban J connectivity index is 2.43. The second-order valence-corrected chi connectivity index (χ2v) is 4.00. The van der Waals surface area contributed by atoms with Gasteiger partial charge in [0.2, 0.25) is 0 Å². The van der Waals surface area contributed by atoms with Crippen molar-refractivity contribution in [1.29, 1.82) is 0 Å². The van der Waals surface area contributed by atoms with Gasteiger partial charge in [-0.1, -0.05) is 0 Å². The van der Waals surface area contributed by atoms with Gasteiger partial charge in [-0.2, -0.15) is 13.2 Å². The number of hydrogen-bond acceptors (Lipinski definition) is 4. The largest absolute Gasteiger partial charge is 0.416 e. The molecular formula is C10H10F3N5O. The van der Waals surface area contributed by atoms with E-state index in [0.29, 0.717) is 11.9 Å². The molecule has 0 saturated carbocycles. The first-order chi connectivity index (χ1) is 8.80. The first kappa shape index (κ1) is 13.2. The van der Waals surface area contributed by atoms with Gasteiger partial charge in [0.25, 0.3) is 5.56 Å². The molecule has 1 unspecified atom stereocenters. The monoisotopic (exact) mass is 273 g/mol. The summed E-state index contributed by atoms with van der Waals surface area (Å²) in [6.07, 6.45) is -3.45. The maximum Gasteiger partial charge on any atom is 0.416 e. The molecule has 2 heterocycles. The first-order valence-corrected chi connectivity index (χ1v) is 5.32. The molecule has 0 spiro atoms. The summed E-state index contributed by atoms with van der Waals surface area (Å²) in [5.74, 6) is 0.377. The van der Waals surface area contributed by atoms with Gasteiger partial charge >= 0.3 is 6.18 Å². The fraction of sp³-hybridized carbons (Fsp3) is 0.400. The molecule has 0 amide bonds. The number of alkyl halides is 3. The van der Waals surface area contributed by atoms with Crippen LogP contribution in [0.25, 0.3) is 0 Å². The van der Waals surface area contributed by atoms with Gasteiger partial charge in [-0.25, -0.2) is 4.68 Å². The number of rotatable bonds is 2. The van der Waals surface area contributed by atoms with Gasteiger partial charge in [0, 0.05) is 19.3 Å². The highest BCUT2D eigenvalue weighted by Crippen LogP contribution is 2.28. The van der Waals surface area contributed by atoms with Crippen molar-refractivity contribution < 1.29 is 13.2 Å². The number of nitrogens with zero attached hydrogens (tertiary/aromatic N) is 5. The normalized spacial score (nSPS) is 13.5. The maximum atomic E-state index is 12.5. The minimum absolute atomic E-state index is 0.377. The Morgan fingerprint density at radius 1 is 1.37 bits per heavy atom. The zero-order valence-electron chi connectivity index (χ0n) is 10.1. The van der Waals surface area contributed by atoms with Crippen molar-refractivity contribution in [1.82, 2.24) is 24.8 Å². The van der Waals surface area contributed by atoms with Crippen LogP contribution < -0.4 is 5.56 Å². The molecule has 0 radical (unpaired) electrons. The molecule has 6 nitrogen and oxygen atoms in total. The second kappa shape index (κ2) is 4.48. The summed E-state index contributed by atoms with van der Waals surface area (Å²) in [6.45, 7) is 1.63. The van der Waals surface area contributed by atoms with Crippen LogP contribution in [-0.2, 0) is 13.2 Å². The average Bonchev–Trinajstić information content (AvgIpc) is 2.73. The van der Waals surface area contributed by atoms with Gasteiger partial charge in [-0.15, -0.1) is 5.10 Å². The first-order valence-electron chi connectivity index (χ1n) is 5.32. The molecule has 0 aliphatic rings. The molecule has 2 aromatic heterocycles. The Morgan fingerprint density at radius 3 is 2.53 bits per heavy atom. The zero-order valence-corrected chi connectivity index (χ0v) is 10.1. The van der Waals surface area contributed by atoms with Crippen molar-refractivity contribution >= 4 is 0 Å². The van der Waals surface area contributed by atoms with E-state index in [1.54, 1.807) is 14.0 Å². The van der Waals surface area contributed by atoms with Gasteiger partial charge in [0.05, 0.1) is 11.6 Å². The Hall–Kier alpha value is -2.19. The Labute approximate surface area is 105 Å². The van der Waals surface area contributed by atoms with Crippen LogP contribution in [0.1, 0.15) is 24.4 Å². The van der Waals surface area contributed by atoms with Crippen LogP contribution >= 0.6 is 0 Å². The SMILES string of the molecule is CC(c1nnnn1C)n1ccc(C(F)(F)F)cc1=O. The Kier molecular flexibility index (Phi) is 3.13. The van der Waals surface area contributed by atoms with E-state index in [-0.39, 0.29) is 0 Å². The highest BCUT2D eigenvalue weighted by molar-refractivity contribution is 5.15. The summed E-state index contributed by atoms with van der Waals surface area (Å²) in [5, 5.41) is 10.8.